The van der Waals surface area contributed by atoms with Crippen LogP contribution in [0, 0.1) is 0 Å². The summed E-state index contributed by atoms with van der Waals surface area (Å²) in [5, 5.41) is 0.726. The minimum atomic E-state index is -0.588. The van der Waals surface area contributed by atoms with Gasteiger partial charge in [-0.05, 0) is 18.4 Å². The van der Waals surface area contributed by atoms with Crippen LogP contribution in [-0.2, 0) is 6.54 Å². The van der Waals surface area contributed by atoms with E-state index in [9.17, 15) is 9.59 Å². The summed E-state index contributed by atoms with van der Waals surface area (Å²) in [5.41, 5.74) is 0.0632. The van der Waals surface area contributed by atoms with Crippen LogP contribution < -0.4 is 11.4 Å². The van der Waals surface area contributed by atoms with Crippen molar-refractivity contribution in [1.82, 2.24) is 4.57 Å². The summed E-state index contributed by atoms with van der Waals surface area (Å²) in [5.74, 6) is -0.588. The van der Waals surface area contributed by atoms with Crippen molar-refractivity contribution in [2.75, 3.05) is 6.26 Å². The molecule has 4 nitrogen and oxygen atoms in total. The number of benzene rings is 1. The lowest BCUT2D eigenvalue weighted by Gasteiger charge is -2.12. The van der Waals surface area contributed by atoms with Gasteiger partial charge in [-0.2, -0.15) is 11.8 Å². The fraction of sp³-hybridized carbons (Fsp3) is 0.333. The van der Waals surface area contributed by atoms with Crippen LogP contribution in [0.15, 0.2) is 38.3 Å². The van der Waals surface area contributed by atoms with Crippen LogP contribution in [0.2, 0.25) is 0 Å². The van der Waals surface area contributed by atoms with Gasteiger partial charge in [-0.25, -0.2) is 9.59 Å². The van der Waals surface area contributed by atoms with Crippen molar-refractivity contribution in [2.45, 2.75) is 18.7 Å². The third-order valence-electron chi connectivity index (χ3n) is 2.66. The van der Waals surface area contributed by atoms with Gasteiger partial charge in [-0.15, -0.1) is 0 Å². The first kappa shape index (κ1) is 12.0. The van der Waals surface area contributed by atoms with Crippen molar-refractivity contribution < 1.29 is 4.42 Å². The van der Waals surface area contributed by atoms with Crippen molar-refractivity contribution in [3.63, 3.8) is 0 Å². The van der Waals surface area contributed by atoms with Crippen LogP contribution in [0.4, 0.5) is 0 Å². The van der Waals surface area contributed by atoms with Crippen LogP contribution in [0.3, 0.4) is 0 Å². The first-order chi connectivity index (χ1) is 8.13. The Hall–Kier alpha value is -1.49. The van der Waals surface area contributed by atoms with Crippen LogP contribution in [0.1, 0.15) is 6.92 Å². The molecule has 0 aliphatic carbocycles. The van der Waals surface area contributed by atoms with Crippen molar-refractivity contribution in [3.05, 3.63) is 45.2 Å². The molecule has 0 amide bonds. The first-order valence-electron chi connectivity index (χ1n) is 5.29. The van der Waals surface area contributed by atoms with Crippen LogP contribution in [-0.4, -0.2) is 16.1 Å². The van der Waals surface area contributed by atoms with Gasteiger partial charge >= 0.3 is 11.4 Å². The van der Waals surface area contributed by atoms with Gasteiger partial charge < -0.3 is 4.42 Å². The summed E-state index contributed by atoms with van der Waals surface area (Å²) in [7, 11) is 0. The van der Waals surface area contributed by atoms with Crippen LogP contribution in [0.5, 0.6) is 0 Å². The second kappa shape index (κ2) is 4.79. The second-order valence-corrected chi connectivity index (χ2v) is 5.11. The van der Waals surface area contributed by atoms with Crippen molar-refractivity contribution >= 4 is 22.7 Å². The maximum atomic E-state index is 11.7. The van der Waals surface area contributed by atoms with Gasteiger partial charge in [0.25, 0.3) is 0 Å². The summed E-state index contributed by atoms with van der Waals surface area (Å²) in [6, 6.07) is 7.00. The highest BCUT2D eigenvalue weighted by Gasteiger charge is 2.10. The predicted octanol–water partition coefficient (Wildman–Crippen LogP) is 1.71. The molecule has 0 bridgehead atoms. The van der Waals surface area contributed by atoms with Gasteiger partial charge in [0.05, 0.1) is 10.9 Å². The molecule has 1 atom stereocenters. The molecule has 0 fully saturated rings. The zero-order valence-electron chi connectivity index (χ0n) is 9.67. The lowest BCUT2D eigenvalue weighted by atomic mass is 10.2. The van der Waals surface area contributed by atoms with Crippen LogP contribution in [0.25, 0.3) is 10.9 Å². The minimum Gasteiger partial charge on any atom is -0.372 e. The molecule has 0 aliphatic heterocycles. The summed E-state index contributed by atoms with van der Waals surface area (Å²) in [6.45, 7) is 2.56. The Balaban J connectivity index is 2.70. The third-order valence-corrected chi connectivity index (χ3v) is 3.61. The van der Waals surface area contributed by atoms with E-state index >= 15 is 0 Å². The van der Waals surface area contributed by atoms with Crippen molar-refractivity contribution in [2.24, 2.45) is 0 Å². The van der Waals surface area contributed by atoms with Gasteiger partial charge in [0.15, 0.2) is 0 Å². The molecule has 1 heterocycles. The lowest BCUT2D eigenvalue weighted by Crippen LogP contribution is -2.27. The SMILES string of the molecule is CSC(C)Cn1c(=O)oc(=O)c2ccccc21. The van der Waals surface area contributed by atoms with E-state index < -0.39 is 11.4 Å². The number of rotatable bonds is 3. The summed E-state index contributed by atoms with van der Waals surface area (Å²) < 4.78 is 6.22. The number of fused-ring (bicyclic) bond motifs is 1. The predicted molar refractivity (Wildman–Crippen MR) is 69.7 cm³/mol. The lowest BCUT2D eigenvalue weighted by molar-refractivity contribution is 0.416. The first-order valence-corrected chi connectivity index (χ1v) is 6.57. The van der Waals surface area contributed by atoms with Gasteiger partial charge in [0, 0.05) is 11.8 Å². The smallest absolute Gasteiger partial charge is 0.372 e. The zero-order valence-corrected chi connectivity index (χ0v) is 10.5. The molecule has 0 saturated carbocycles. The number of hydrogen-bond donors (Lipinski definition) is 0. The number of thioether (sulfide) groups is 1. The molecule has 2 rings (SSSR count). The molecule has 0 saturated heterocycles. The summed E-state index contributed by atoms with van der Waals surface area (Å²) >= 11 is 1.66. The summed E-state index contributed by atoms with van der Waals surface area (Å²) in [4.78, 5) is 23.2. The minimum absolute atomic E-state index is 0.281. The van der Waals surface area contributed by atoms with E-state index in [1.165, 1.54) is 4.57 Å². The highest BCUT2D eigenvalue weighted by atomic mass is 32.2. The van der Waals surface area contributed by atoms with E-state index in [2.05, 4.69) is 0 Å². The molecule has 1 aromatic carbocycles. The van der Waals surface area contributed by atoms with Gasteiger partial charge in [-0.1, -0.05) is 19.1 Å². The molecule has 0 spiro atoms. The quantitative estimate of drug-likeness (QED) is 0.833. The number of nitrogens with zero attached hydrogens (tertiary/aromatic N) is 1. The standard InChI is InChI=1S/C12H13NO3S/c1-8(17-2)7-13-10-6-4-3-5-9(10)11(14)16-12(13)15/h3-6,8H,7H2,1-2H3. The third kappa shape index (κ3) is 2.29. The maximum absolute atomic E-state index is 11.7. The number of para-hydroxylation sites is 1. The fourth-order valence-corrected chi connectivity index (χ4v) is 1.97. The fourth-order valence-electron chi connectivity index (χ4n) is 1.67. The summed E-state index contributed by atoms with van der Waals surface area (Å²) in [6.07, 6.45) is 1.98. The Labute approximate surface area is 102 Å². The van der Waals surface area contributed by atoms with Crippen molar-refractivity contribution in [1.29, 1.82) is 0 Å². The van der Waals surface area contributed by atoms with E-state index in [4.69, 9.17) is 4.42 Å². The molecule has 0 N–H and O–H groups in total. The highest BCUT2D eigenvalue weighted by molar-refractivity contribution is 7.99. The largest absolute Gasteiger partial charge is 0.422 e. The topological polar surface area (TPSA) is 52.2 Å². The van der Waals surface area contributed by atoms with Gasteiger partial charge in [0.2, 0.25) is 0 Å². The molecule has 2 aromatic rings. The molecule has 1 unspecified atom stereocenters. The van der Waals surface area contributed by atoms with E-state index in [-0.39, 0.29) is 5.25 Å². The van der Waals surface area contributed by atoms with E-state index in [0.717, 1.165) is 0 Å². The molecule has 0 radical (unpaired) electrons. The van der Waals surface area contributed by atoms with Crippen LogP contribution >= 0.6 is 11.8 Å². The average Bonchev–Trinajstić information content (AvgIpc) is 2.34. The van der Waals surface area contributed by atoms with E-state index in [0.29, 0.717) is 17.4 Å². The Morgan fingerprint density at radius 1 is 1.35 bits per heavy atom. The molecule has 0 aliphatic rings. The molecular formula is C12H13NO3S. The Bertz CT molecular complexity index is 644. The second-order valence-electron chi connectivity index (χ2n) is 3.83. The molecule has 17 heavy (non-hydrogen) atoms. The number of hydrogen-bond acceptors (Lipinski definition) is 4. The van der Waals surface area contributed by atoms with E-state index in [1.807, 2.05) is 19.2 Å². The van der Waals surface area contributed by atoms with Crippen molar-refractivity contribution in [3.8, 4) is 0 Å². The van der Waals surface area contributed by atoms with Gasteiger partial charge in [0.1, 0.15) is 0 Å². The average molecular weight is 251 g/mol. The number of aromatic nitrogens is 1. The monoisotopic (exact) mass is 251 g/mol. The Morgan fingerprint density at radius 3 is 2.76 bits per heavy atom. The zero-order chi connectivity index (χ0) is 12.4. The maximum Gasteiger partial charge on any atom is 0.422 e. The normalized spacial score (nSPS) is 12.8. The highest BCUT2D eigenvalue weighted by Crippen LogP contribution is 2.12. The molecule has 5 heteroatoms. The molecule has 90 valence electrons. The Morgan fingerprint density at radius 2 is 2.06 bits per heavy atom. The molecular weight excluding hydrogens is 238 g/mol. The van der Waals surface area contributed by atoms with E-state index in [1.54, 1.807) is 30.0 Å². The molecule has 1 aromatic heterocycles. The Kier molecular flexibility index (Phi) is 3.38. The van der Waals surface area contributed by atoms with Gasteiger partial charge in [-0.3, -0.25) is 4.57 Å².